The maximum Gasteiger partial charge on any atom is 0.273 e. The normalized spacial score (nSPS) is 20.8. The van der Waals surface area contributed by atoms with E-state index in [0.717, 1.165) is 31.5 Å². The van der Waals surface area contributed by atoms with Gasteiger partial charge in [0.05, 0.1) is 0 Å². The van der Waals surface area contributed by atoms with Crippen molar-refractivity contribution >= 4 is 0 Å². The molecule has 1 N–H and O–H groups in total. The average molecular weight is 239 g/mol. The number of aryl methyl sites for hydroxylation is 1. The molecule has 0 radical (unpaired) electrons. The fraction of sp³-hybridized carbons (Fsp3) is 0.571. The summed E-state index contributed by atoms with van der Waals surface area (Å²) < 4.78 is 28.0. The van der Waals surface area contributed by atoms with Crippen LogP contribution in [0.25, 0.3) is 0 Å². The highest BCUT2D eigenvalue weighted by Crippen LogP contribution is 2.36. The van der Waals surface area contributed by atoms with Crippen LogP contribution in [-0.4, -0.2) is 13.1 Å². The molecule has 0 aromatic heterocycles. The number of benzene rings is 1. The van der Waals surface area contributed by atoms with Crippen molar-refractivity contribution in [2.24, 2.45) is 5.92 Å². The first kappa shape index (κ1) is 12.5. The molecule has 1 unspecified atom stereocenters. The van der Waals surface area contributed by atoms with Crippen LogP contribution in [0.5, 0.6) is 0 Å². The molecule has 1 heterocycles. The summed E-state index contributed by atoms with van der Waals surface area (Å²) in [6.07, 6.45) is 1.71. The fourth-order valence-electron chi connectivity index (χ4n) is 2.35. The molecule has 1 nitrogen and oxygen atoms in total. The minimum absolute atomic E-state index is 0.0362. The van der Waals surface area contributed by atoms with Gasteiger partial charge in [-0.15, -0.1) is 0 Å². The Kier molecular flexibility index (Phi) is 3.77. The first-order valence-electron chi connectivity index (χ1n) is 6.30. The van der Waals surface area contributed by atoms with E-state index in [2.05, 4.69) is 5.32 Å². The highest BCUT2D eigenvalue weighted by atomic mass is 19.3. The molecule has 0 amide bonds. The van der Waals surface area contributed by atoms with Crippen molar-refractivity contribution in [3.63, 3.8) is 0 Å². The first-order valence-corrected chi connectivity index (χ1v) is 6.30. The summed E-state index contributed by atoms with van der Waals surface area (Å²) in [6.45, 7) is 3.62. The summed E-state index contributed by atoms with van der Waals surface area (Å²) in [6, 6.07) is 6.74. The van der Waals surface area contributed by atoms with Gasteiger partial charge in [-0.25, -0.2) is 8.78 Å². The van der Waals surface area contributed by atoms with Gasteiger partial charge in [0.1, 0.15) is 0 Å². The van der Waals surface area contributed by atoms with Crippen LogP contribution in [0.2, 0.25) is 0 Å². The lowest BCUT2D eigenvalue weighted by molar-refractivity contribution is -0.0268. The highest BCUT2D eigenvalue weighted by Gasteiger charge is 2.35. The third-order valence-corrected chi connectivity index (χ3v) is 3.49. The van der Waals surface area contributed by atoms with E-state index in [1.165, 1.54) is 0 Å². The third kappa shape index (κ3) is 3.03. The maximum absolute atomic E-state index is 14.0. The Morgan fingerprint density at radius 1 is 1.29 bits per heavy atom. The molecule has 1 fully saturated rings. The molecule has 1 aromatic rings. The highest BCUT2D eigenvalue weighted by molar-refractivity contribution is 5.25. The molecule has 94 valence electrons. The molecule has 17 heavy (non-hydrogen) atoms. The lowest BCUT2D eigenvalue weighted by Crippen LogP contribution is -2.20. The monoisotopic (exact) mass is 239 g/mol. The molecule has 0 spiro atoms. The van der Waals surface area contributed by atoms with Gasteiger partial charge < -0.3 is 5.32 Å². The molecule has 2 rings (SSSR count). The molecule has 1 saturated heterocycles. The zero-order valence-corrected chi connectivity index (χ0v) is 10.2. The van der Waals surface area contributed by atoms with E-state index in [1.54, 1.807) is 24.3 Å². The van der Waals surface area contributed by atoms with E-state index in [-0.39, 0.29) is 17.9 Å². The number of alkyl halides is 2. The van der Waals surface area contributed by atoms with Crippen LogP contribution >= 0.6 is 0 Å². The summed E-state index contributed by atoms with van der Waals surface area (Å²) in [5, 5.41) is 3.13. The number of hydrogen-bond donors (Lipinski definition) is 1. The summed E-state index contributed by atoms with van der Waals surface area (Å²) in [4.78, 5) is 0. The van der Waals surface area contributed by atoms with E-state index in [4.69, 9.17) is 0 Å². The number of rotatable bonds is 4. The third-order valence-electron chi connectivity index (χ3n) is 3.49. The van der Waals surface area contributed by atoms with Crippen LogP contribution in [0.3, 0.4) is 0 Å². The minimum Gasteiger partial charge on any atom is -0.316 e. The maximum atomic E-state index is 14.0. The van der Waals surface area contributed by atoms with E-state index >= 15 is 0 Å². The molecule has 3 heteroatoms. The predicted octanol–water partition coefficient (Wildman–Crippen LogP) is 3.34. The van der Waals surface area contributed by atoms with E-state index < -0.39 is 5.92 Å². The molecule has 0 aliphatic carbocycles. The Balaban J connectivity index is 2.06. The standard InChI is InChI=1S/C14H19F2N/c1-2-11-3-5-13(6-4-11)14(15,16)9-12-7-8-17-10-12/h3-6,12,17H,2,7-10H2,1H3. The van der Waals surface area contributed by atoms with Gasteiger partial charge in [0.2, 0.25) is 0 Å². The largest absolute Gasteiger partial charge is 0.316 e. The average Bonchev–Trinajstić information content (AvgIpc) is 2.81. The molecule has 0 saturated carbocycles. The van der Waals surface area contributed by atoms with Gasteiger partial charge in [0.25, 0.3) is 5.92 Å². The fourth-order valence-corrected chi connectivity index (χ4v) is 2.35. The Morgan fingerprint density at radius 3 is 2.53 bits per heavy atom. The summed E-state index contributed by atoms with van der Waals surface area (Å²) in [5.41, 5.74) is 1.26. The van der Waals surface area contributed by atoms with Crippen molar-refractivity contribution in [1.29, 1.82) is 0 Å². The Hall–Kier alpha value is -0.960. The molecule has 1 aliphatic rings. The smallest absolute Gasteiger partial charge is 0.273 e. The van der Waals surface area contributed by atoms with E-state index in [9.17, 15) is 8.78 Å². The van der Waals surface area contributed by atoms with Crippen LogP contribution in [0.15, 0.2) is 24.3 Å². The molecule has 1 aliphatic heterocycles. The minimum atomic E-state index is -2.69. The van der Waals surface area contributed by atoms with Crippen LogP contribution in [0.4, 0.5) is 8.78 Å². The second kappa shape index (κ2) is 5.13. The number of hydrogen-bond acceptors (Lipinski definition) is 1. The molecule has 1 atom stereocenters. The van der Waals surface area contributed by atoms with Crippen molar-refractivity contribution in [1.82, 2.24) is 5.32 Å². The lowest BCUT2D eigenvalue weighted by Gasteiger charge is -2.20. The van der Waals surface area contributed by atoms with Crippen molar-refractivity contribution in [2.75, 3.05) is 13.1 Å². The van der Waals surface area contributed by atoms with Gasteiger partial charge in [-0.2, -0.15) is 0 Å². The summed E-state index contributed by atoms with van der Waals surface area (Å²) in [7, 11) is 0. The second-order valence-electron chi connectivity index (χ2n) is 4.82. The Bertz CT molecular complexity index is 353. The summed E-state index contributed by atoms with van der Waals surface area (Å²) >= 11 is 0. The molecular formula is C14H19F2N. The van der Waals surface area contributed by atoms with Crippen molar-refractivity contribution < 1.29 is 8.78 Å². The summed E-state index contributed by atoms with van der Waals surface area (Å²) in [5.74, 6) is -2.58. The van der Waals surface area contributed by atoms with Gasteiger partial charge >= 0.3 is 0 Å². The topological polar surface area (TPSA) is 12.0 Å². The van der Waals surface area contributed by atoms with Gasteiger partial charge in [-0.1, -0.05) is 31.2 Å². The molecular weight excluding hydrogens is 220 g/mol. The zero-order valence-electron chi connectivity index (χ0n) is 10.2. The van der Waals surface area contributed by atoms with Crippen molar-refractivity contribution in [3.05, 3.63) is 35.4 Å². The van der Waals surface area contributed by atoms with Gasteiger partial charge in [-0.3, -0.25) is 0 Å². The van der Waals surface area contributed by atoms with Crippen molar-refractivity contribution in [2.45, 2.75) is 32.1 Å². The van der Waals surface area contributed by atoms with Crippen LogP contribution in [0, 0.1) is 5.92 Å². The van der Waals surface area contributed by atoms with E-state index in [0.29, 0.717) is 0 Å². The molecule has 0 bridgehead atoms. The predicted molar refractivity (Wildman–Crippen MR) is 65.3 cm³/mol. The van der Waals surface area contributed by atoms with Crippen LogP contribution in [0.1, 0.15) is 30.9 Å². The van der Waals surface area contributed by atoms with Gasteiger partial charge in [-0.05, 0) is 37.4 Å². The number of halogens is 2. The van der Waals surface area contributed by atoms with Gasteiger partial charge in [0.15, 0.2) is 0 Å². The quantitative estimate of drug-likeness (QED) is 0.849. The van der Waals surface area contributed by atoms with Crippen LogP contribution in [-0.2, 0) is 12.3 Å². The van der Waals surface area contributed by atoms with Crippen molar-refractivity contribution in [3.8, 4) is 0 Å². The lowest BCUT2D eigenvalue weighted by atomic mass is 9.94. The Labute approximate surface area is 101 Å². The first-order chi connectivity index (χ1) is 8.12. The van der Waals surface area contributed by atoms with Crippen LogP contribution < -0.4 is 5.32 Å². The van der Waals surface area contributed by atoms with E-state index in [1.807, 2.05) is 6.92 Å². The Morgan fingerprint density at radius 2 is 2.00 bits per heavy atom. The SMILES string of the molecule is CCc1ccc(C(F)(F)CC2CCNC2)cc1. The molecule has 1 aromatic carbocycles. The second-order valence-corrected chi connectivity index (χ2v) is 4.82. The number of nitrogens with one attached hydrogen (secondary N) is 1. The zero-order chi connectivity index (χ0) is 12.3. The van der Waals surface area contributed by atoms with Gasteiger partial charge in [0, 0.05) is 12.0 Å².